The van der Waals surface area contributed by atoms with Crippen LogP contribution in [0.2, 0.25) is 0 Å². The van der Waals surface area contributed by atoms with Crippen molar-refractivity contribution in [2.45, 2.75) is 6.42 Å². The number of nitrogens with zero attached hydrogens (tertiary/aromatic N) is 1. The molecule has 0 unspecified atom stereocenters. The maximum absolute atomic E-state index is 11.9. The maximum Gasteiger partial charge on any atom is 0.312 e. The van der Waals surface area contributed by atoms with E-state index in [-0.39, 0.29) is 6.42 Å². The van der Waals surface area contributed by atoms with Crippen LogP contribution in [0.25, 0.3) is 10.6 Å². The third kappa shape index (κ3) is 5.22. The van der Waals surface area contributed by atoms with Crippen LogP contribution in [-0.2, 0) is 20.7 Å². The third-order valence-corrected chi connectivity index (χ3v) is 5.09. The molecular weight excluding hydrogens is 386 g/mol. The van der Waals surface area contributed by atoms with Crippen molar-refractivity contribution < 1.29 is 19.1 Å². The highest BCUT2D eigenvalue weighted by molar-refractivity contribution is 7.14. The zero-order valence-corrected chi connectivity index (χ0v) is 15.6. The molecule has 9 heteroatoms. The van der Waals surface area contributed by atoms with Gasteiger partial charge in [-0.2, -0.15) is 11.3 Å². The topological polar surface area (TPSA) is 111 Å². The molecule has 0 fully saturated rings. The summed E-state index contributed by atoms with van der Waals surface area (Å²) in [5.41, 5.74) is 7.59. The zero-order valence-electron chi connectivity index (χ0n) is 14.0. The second-order valence-corrected chi connectivity index (χ2v) is 7.12. The average molecular weight is 401 g/mol. The summed E-state index contributed by atoms with van der Waals surface area (Å²) in [5, 5.41) is 9.16. The van der Waals surface area contributed by atoms with E-state index in [2.05, 4.69) is 10.3 Å². The van der Waals surface area contributed by atoms with Crippen LogP contribution in [0.15, 0.2) is 46.5 Å². The monoisotopic (exact) mass is 401 g/mol. The third-order valence-electron chi connectivity index (χ3n) is 3.46. The van der Waals surface area contributed by atoms with Gasteiger partial charge >= 0.3 is 5.97 Å². The van der Waals surface area contributed by atoms with Crippen molar-refractivity contribution in [3.8, 4) is 10.6 Å². The van der Waals surface area contributed by atoms with Gasteiger partial charge in [0.05, 0.1) is 12.1 Å². The number of carbonyl (C=O) groups excluding carboxylic acids is 3. The highest BCUT2D eigenvalue weighted by Gasteiger charge is 2.12. The van der Waals surface area contributed by atoms with Crippen LogP contribution < -0.4 is 11.1 Å². The molecular formula is C18H15N3O4S2. The second kappa shape index (κ2) is 8.56. The van der Waals surface area contributed by atoms with Crippen molar-refractivity contribution in [2.24, 2.45) is 5.73 Å². The molecule has 3 aromatic rings. The molecule has 3 rings (SSSR count). The van der Waals surface area contributed by atoms with Crippen LogP contribution in [0, 0.1) is 0 Å². The number of esters is 1. The second-order valence-electron chi connectivity index (χ2n) is 5.48. The molecule has 2 heterocycles. The number of primary amides is 1. The Kier molecular flexibility index (Phi) is 5.94. The number of anilines is 1. The Morgan fingerprint density at radius 3 is 2.56 bits per heavy atom. The molecule has 0 aliphatic heterocycles. The van der Waals surface area contributed by atoms with Crippen LogP contribution in [0.4, 0.5) is 5.69 Å². The SMILES string of the molecule is NC(=O)c1ccc(NC(=O)COC(=O)Cc2csc(-c3ccsc3)n2)cc1. The van der Waals surface area contributed by atoms with Crippen molar-refractivity contribution in [1.82, 2.24) is 4.98 Å². The molecule has 0 bridgehead atoms. The summed E-state index contributed by atoms with van der Waals surface area (Å²) in [5.74, 6) is -1.56. The van der Waals surface area contributed by atoms with Gasteiger partial charge in [-0.15, -0.1) is 11.3 Å². The Morgan fingerprint density at radius 1 is 1.11 bits per heavy atom. The quantitative estimate of drug-likeness (QED) is 0.591. The lowest BCUT2D eigenvalue weighted by molar-refractivity contribution is -0.146. The Hall–Kier alpha value is -3.04. The van der Waals surface area contributed by atoms with Gasteiger partial charge in [0.2, 0.25) is 5.91 Å². The molecule has 0 aliphatic carbocycles. The minimum absolute atomic E-state index is 0.00122. The smallest absolute Gasteiger partial charge is 0.312 e. The maximum atomic E-state index is 11.9. The Bertz CT molecular complexity index is 949. The largest absolute Gasteiger partial charge is 0.455 e. The Labute approximate surface area is 162 Å². The van der Waals surface area contributed by atoms with E-state index in [1.54, 1.807) is 28.8 Å². The molecule has 27 heavy (non-hydrogen) atoms. The fourth-order valence-corrected chi connectivity index (χ4v) is 3.70. The summed E-state index contributed by atoms with van der Waals surface area (Å²) in [6, 6.07) is 8.04. The molecule has 0 radical (unpaired) electrons. The lowest BCUT2D eigenvalue weighted by Crippen LogP contribution is -2.21. The molecule has 0 aliphatic rings. The van der Waals surface area contributed by atoms with E-state index >= 15 is 0 Å². The summed E-state index contributed by atoms with van der Waals surface area (Å²) < 4.78 is 4.98. The minimum Gasteiger partial charge on any atom is -0.455 e. The number of nitrogens with one attached hydrogen (secondary N) is 1. The molecule has 1 aromatic carbocycles. The van der Waals surface area contributed by atoms with Crippen LogP contribution in [0.3, 0.4) is 0 Å². The predicted octanol–water partition coefficient (Wildman–Crippen LogP) is 2.69. The van der Waals surface area contributed by atoms with Crippen LogP contribution >= 0.6 is 22.7 Å². The van der Waals surface area contributed by atoms with Crippen LogP contribution in [0.5, 0.6) is 0 Å². The number of thiophene rings is 1. The number of hydrogen-bond donors (Lipinski definition) is 2. The van der Waals surface area contributed by atoms with E-state index in [9.17, 15) is 14.4 Å². The van der Waals surface area contributed by atoms with Gasteiger partial charge in [0.25, 0.3) is 5.91 Å². The summed E-state index contributed by atoms with van der Waals surface area (Å²) in [4.78, 5) is 39.2. The number of thiazole rings is 1. The first-order chi connectivity index (χ1) is 13.0. The molecule has 0 saturated heterocycles. The van der Waals surface area contributed by atoms with Crippen LogP contribution in [0.1, 0.15) is 16.1 Å². The number of hydrogen-bond acceptors (Lipinski definition) is 7. The average Bonchev–Trinajstić information content (AvgIpc) is 3.32. The summed E-state index contributed by atoms with van der Waals surface area (Å²) in [7, 11) is 0. The Morgan fingerprint density at radius 2 is 1.89 bits per heavy atom. The first kappa shape index (κ1) is 18.7. The van der Waals surface area contributed by atoms with Crippen molar-refractivity contribution >= 4 is 46.1 Å². The summed E-state index contributed by atoms with van der Waals surface area (Å²) >= 11 is 3.03. The van der Waals surface area contributed by atoms with Crippen molar-refractivity contribution in [3.63, 3.8) is 0 Å². The van der Waals surface area contributed by atoms with Gasteiger partial charge < -0.3 is 15.8 Å². The number of benzene rings is 1. The van der Waals surface area contributed by atoms with E-state index in [1.807, 2.05) is 16.8 Å². The number of ether oxygens (including phenoxy) is 1. The summed E-state index contributed by atoms with van der Waals surface area (Å²) in [6.45, 7) is -0.405. The lowest BCUT2D eigenvalue weighted by Gasteiger charge is -2.06. The highest BCUT2D eigenvalue weighted by atomic mass is 32.1. The van der Waals surface area contributed by atoms with Crippen molar-refractivity contribution in [2.75, 3.05) is 11.9 Å². The number of carbonyl (C=O) groups is 3. The van der Waals surface area contributed by atoms with E-state index in [4.69, 9.17) is 10.5 Å². The normalized spacial score (nSPS) is 10.4. The van der Waals surface area contributed by atoms with Gasteiger partial charge in [-0.05, 0) is 35.7 Å². The van der Waals surface area contributed by atoms with Gasteiger partial charge in [0.15, 0.2) is 6.61 Å². The van der Waals surface area contributed by atoms with Crippen molar-refractivity contribution in [3.05, 3.63) is 57.7 Å². The molecule has 3 N–H and O–H groups in total. The van der Waals surface area contributed by atoms with Gasteiger partial charge in [-0.25, -0.2) is 4.98 Å². The van der Waals surface area contributed by atoms with Crippen molar-refractivity contribution in [1.29, 1.82) is 0 Å². The number of rotatable bonds is 7. The molecule has 2 aromatic heterocycles. The zero-order chi connectivity index (χ0) is 19.2. The van der Waals surface area contributed by atoms with E-state index < -0.39 is 24.4 Å². The number of aromatic nitrogens is 1. The lowest BCUT2D eigenvalue weighted by atomic mass is 10.2. The molecule has 138 valence electrons. The first-order valence-corrected chi connectivity index (χ1v) is 9.66. The van der Waals surface area contributed by atoms with E-state index in [1.165, 1.54) is 23.5 Å². The molecule has 7 nitrogen and oxygen atoms in total. The fourth-order valence-electron chi connectivity index (χ4n) is 2.17. The first-order valence-electron chi connectivity index (χ1n) is 7.83. The molecule has 0 saturated carbocycles. The molecule has 0 atom stereocenters. The highest BCUT2D eigenvalue weighted by Crippen LogP contribution is 2.25. The van der Waals surface area contributed by atoms with E-state index in [0.29, 0.717) is 16.9 Å². The van der Waals surface area contributed by atoms with Gasteiger partial charge in [-0.3, -0.25) is 14.4 Å². The van der Waals surface area contributed by atoms with Gasteiger partial charge in [0, 0.05) is 27.6 Å². The van der Waals surface area contributed by atoms with Crippen LogP contribution in [-0.4, -0.2) is 29.4 Å². The summed E-state index contributed by atoms with van der Waals surface area (Å²) in [6.07, 6.45) is 0.00122. The van der Waals surface area contributed by atoms with E-state index in [0.717, 1.165) is 10.6 Å². The van der Waals surface area contributed by atoms with Gasteiger partial charge in [0.1, 0.15) is 5.01 Å². The minimum atomic E-state index is -0.550. The molecule has 2 amide bonds. The Balaban J connectivity index is 1.46. The fraction of sp³-hybridized carbons (Fsp3) is 0.111. The number of nitrogens with two attached hydrogens (primary N) is 1. The standard InChI is InChI=1S/C18H15N3O4S2/c19-17(24)11-1-3-13(4-2-11)20-15(22)8-25-16(23)7-14-10-27-18(21-14)12-5-6-26-9-12/h1-6,9-10H,7-8H2,(H2,19,24)(H,20,22). The molecule has 0 spiro atoms. The van der Waals surface area contributed by atoms with Gasteiger partial charge in [-0.1, -0.05) is 0 Å². The number of amides is 2. The predicted molar refractivity (Wildman–Crippen MR) is 104 cm³/mol.